The van der Waals surface area contributed by atoms with Crippen molar-refractivity contribution >= 4 is 62.5 Å². The van der Waals surface area contributed by atoms with E-state index < -0.39 is 0 Å². The summed E-state index contributed by atoms with van der Waals surface area (Å²) in [6.07, 6.45) is 8.62. The van der Waals surface area contributed by atoms with Gasteiger partial charge in [-0.2, -0.15) is 0 Å². The van der Waals surface area contributed by atoms with E-state index in [4.69, 9.17) is 17.7 Å². The maximum Gasteiger partial charge on any atom is 0.338 e. The molecule has 0 unspecified atom stereocenters. The van der Waals surface area contributed by atoms with E-state index in [0.29, 0.717) is 0 Å². The second-order valence-electron chi connectivity index (χ2n) is 23.2. The number of para-hydroxylation sites is 1. The van der Waals surface area contributed by atoms with E-state index in [1.54, 1.807) is 0 Å². The van der Waals surface area contributed by atoms with E-state index in [9.17, 15) is 0 Å². The van der Waals surface area contributed by atoms with E-state index in [2.05, 4.69) is 149 Å². The zero-order chi connectivity index (χ0) is 41.8. The molecule has 60 heavy (non-hydrogen) atoms. The SMILES string of the molecule is CC1(C)CCC(C)(C)c2c(N3c4cc(-c5ccc6oc7ccccc7c6c5)cc5c4B(c4oc6c(c4-5)C(C)(C)CCC6(C)C)c4oc5c(c43)C(C)(C)CCC5(C)C)coc21. The molecule has 0 amide bonds. The molecule has 6 heterocycles. The standard InChI is InChI=1S/C54H58BNO4/c1-49(2)19-22-52(7,8)44-39(49)35(28-57-44)56-34-27-30(29-17-18-37-32(25-29)31-15-13-14-16-36(31)58-37)26-33-38-40-45(53(9,10)23-20-50(40,3)4)59-47(38)55(42(33)34)48-43(56)41-46(60-48)54(11,12)24-21-51(41,5)6/h13-18,25-28H,19-24H2,1-12H3. The molecule has 2 aliphatic heterocycles. The molecule has 306 valence electrons. The van der Waals surface area contributed by atoms with Gasteiger partial charge >= 0.3 is 6.71 Å². The summed E-state index contributed by atoms with van der Waals surface area (Å²) in [7, 11) is 0. The van der Waals surface area contributed by atoms with Crippen LogP contribution in [0.1, 0.15) is 156 Å². The van der Waals surface area contributed by atoms with E-state index in [0.717, 1.165) is 94.8 Å². The first-order valence-electron chi connectivity index (χ1n) is 22.6. The van der Waals surface area contributed by atoms with E-state index in [1.807, 2.05) is 0 Å². The van der Waals surface area contributed by atoms with Crippen LogP contribution >= 0.6 is 0 Å². The lowest BCUT2D eigenvalue weighted by atomic mass is 9.41. The zero-order valence-electron chi connectivity index (χ0n) is 37.7. The Morgan fingerprint density at radius 1 is 0.500 bits per heavy atom. The average molecular weight is 796 g/mol. The van der Waals surface area contributed by atoms with Crippen molar-refractivity contribution in [2.24, 2.45) is 0 Å². The number of anilines is 3. The highest BCUT2D eigenvalue weighted by Gasteiger charge is 2.57. The number of hydrogen-bond acceptors (Lipinski definition) is 5. The van der Waals surface area contributed by atoms with Gasteiger partial charge in [0.1, 0.15) is 40.4 Å². The first kappa shape index (κ1) is 37.0. The van der Waals surface area contributed by atoms with E-state index >= 15 is 0 Å². The molecule has 0 saturated heterocycles. The average Bonchev–Trinajstić information content (AvgIpc) is 4.01. The molecular formula is C54H58BNO4. The van der Waals surface area contributed by atoms with Crippen molar-refractivity contribution < 1.29 is 17.7 Å². The van der Waals surface area contributed by atoms with Gasteiger partial charge in [0.25, 0.3) is 0 Å². The molecule has 6 heteroatoms. The summed E-state index contributed by atoms with van der Waals surface area (Å²) >= 11 is 0. The third-order valence-electron chi connectivity index (χ3n) is 16.3. The lowest BCUT2D eigenvalue weighted by Crippen LogP contribution is -2.54. The predicted octanol–water partition coefficient (Wildman–Crippen LogP) is 13.4. The molecule has 4 aromatic heterocycles. The Bertz CT molecular complexity index is 3020. The molecule has 12 rings (SSSR count). The molecule has 0 atom stereocenters. The molecule has 0 N–H and O–H groups in total. The first-order chi connectivity index (χ1) is 28.2. The number of benzene rings is 3. The molecule has 5 aliphatic rings. The van der Waals surface area contributed by atoms with Gasteiger partial charge in [0, 0.05) is 55.0 Å². The van der Waals surface area contributed by atoms with Gasteiger partial charge in [-0.3, -0.25) is 0 Å². The van der Waals surface area contributed by atoms with Crippen LogP contribution in [0.4, 0.5) is 17.1 Å². The molecule has 0 radical (unpaired) electrons. The fourth-order valence-corrected chi connectivity index (χ4v) is 12.4. The van der Waals surface area contributed by atoms with Gasteiger partial charge in [-0.15, -0.1) is 0 Å². The fraction of sp³-hybridized carbons (Fsp3) is 0.444. The number of furan rings is 4. The highest BCUT2D eigenvalue weighted by Crippen LogP contribution is 2.59. The summed E-state index contributed by atoms with van der Waals surface area (Å²) in [5.74, 6) is 3.40. The van der Waals surface area contributed by atoms with Gasteiger partial charge in [-0.1, -0.05) is 107 Å². The second-order valence-corrected chi connectivity index (χ2v) is 23.2. The monoisotopic (exact) mass is 795 g/mol. The van der Waals surface area contributed by atoms with Gasteiger partial charge in [0.2, 0.25) is 0 Å². The smallest absolute Gasteiger partial charge is 0.338 e. The van der Waals surface area contributed by atoms with Crippen LogP contribution < -0.4 is 21.7 Å². The number of rotatable bonds is 2. The van der Waals surface area contributed by atoms with E-state index in [1.165, 1.54) is 55.8 Å². The lowest BCUT2D eigenvalue weighted by Gasteiger charge is -2.43. The van der Waals surface area contributed by atoms with Gasteiger partial charge in [0.15, 0.2) is 0 Å². The minimum absolute atomic E-state index is 0.0545. The Morgan fingerprint density at radius 2 is 1.08 bits per heavy atom. The third-order valence-corrected chi connectivity index (χ3v) is 16.3. The summed E-state index contributed by atoms with van der Waals surface area (Å²) in [6.45, 7) is 28.7. The van der Waals surface area contributed by atoms with Crippen LogP contribution in [-0.2, 0) is 32.5 Å². The second kappa shape index (κ2) is 11.2. The maximum absolute atomic E-state index is 7.58. The van der Waals surface area contributed by atoms with Crippen molar-refractivity contribution in [3.63, 3.8) is 0 Å². The van der Waals surface area contributed by atoms with Crippen LogP contribution in [0.15, 0.2) is 78.5 Å². The van der Waals surface area contributed by atoms with Crippen molar-refractivity contribution in [1.29, 1.82) is 0 Å². The Kier molecular flexibility index (Phi) is 6.87. The van der Waals surface area contributed by atoms with Crippen molar-refractivity contribution in [2.45, 2.75) is 154 Å². The minimum Gasteiger partial charge on any atom is -0.474 e. The molecule has 7 aromatic rings. The molecule has 0 spiro atoms. The van der Waals surface area contributed by atoms with Gasteiger partial charge in [-0.25, -0.2) is 0 Å². The highest BCUT2D eigenvalue weighted by molar-refractivity contribution is 7.00. The van der Waals surface area contributed by atoms with Crippen LogP contribution in [0, 0.1) is 0 Å². The molecule has 5 nitrogen and oxygen atoms in total. The number of nitrogens with zero attached hydrogens (tertiary/aromatic N) is 1. The zero-order valence-corrected chi connectivity index (χ0v) is 37.7. The Labute approximate surface area is 355 Å². The lowest BCUT2D eigenvalue weighted by molar-refractivity contribution is 0.278. The van der Waals surface area contributed by atoms with Gasteiger partial charge in [-0.05, 0) is 107 Å². The van der Waals surface area contributed by atoms with Crippen LogP contribution in [0.3, 0.4) is 0 Å². The summed E-state index contributed by atoms with van der Waals surface area (Å²) in [5, 5.41) is 2.28. The molecule has 0 fully saturated rings. The van der Waals surface area contributed by atoms with Crippen LogP contribution in [0.2, 0.25) is 0 Å². The van der Waals surface area contributed by atoms with E-state index in [-0.39, 0.29) is 39.2 Å². The largest absolute Gasteiger partial charge is 0.474 e. The summed E-state index contributed by atoms with van der Waals surface area (Å²) < 4.78 is 28.3. The van der Waals surface area contributed by atoms with Crippen LogP contribution in [0.25, 0.3) is 44.2 Å². The van der Waals surface area contributed by atoms with Gasteiger partial charge < -0.3 is 22.6 Å². The van der Waals surface area contributed by atoms with Crippen molar-refractivity contribution in [3.05, 3.63) is 94.8 Å². The topological polar surface area (TPSA) is 55.8 Å². The normalized spacial score (nSPS) is 21.7. The van der Waals surface area contributed by atoms with Gasteiger partial charge in [0.05, 0.1) is 17.0 Å². The Morgan fingerprint density at radius 3 is 1.80 bits per heavy atom. The molecule has 0 saturated carbocycles. The molecule has 0 bridgehead atoms. The van der Waals surface area contributed by atoms with Crippen LogP contribution in [0.5, 0.6) is 0 Å². The van der Waals surface area contributed by atoms with Crippen molar-refractivity contribution in [2.75, 3.05) is 4.90 Å². The van der Waals surface area contributed by atoms with Crippen molar-refractivity contribution in [1.82, 2.24) is 0 Å². The first-order valence-corrected chi connectivity index (χ1v) is 22.6. The number of hydrogen-bond donors (Lipinski definition) is 0. The Hall–Kier alpha value is -4.84. The third kappa shape index (κ3) is 4.61. The van der Waals surface area contributed by atoms with Crippen molar-refractivity contribution in [3.8, 4) is 22.3 Å². The molecular weight excluding hydrogens is 737 g/mol. The summed E-state index contributed by atoms with van der Waals surface area (Å²) in [4.78, 5) is 2.62. The Balaban J connectivity index is 1.24. The predicted molar refractivity (Wildman–Crippen MR) is 247 cm³/mol. The maximum atomic E-state index is 7.58. The minimum atomic E-state index is -0.160. The number of fused-ring (bicyclic) bond motifs is 13. The summed E-state index contributed by atoms with van der Waals surface area (Å²) in [6, 6.07) is 20.1. The quantitative estimate of drug-likeness (QED) is 0.163. The van der Waals surface area contributed by atoms with Crippen LogP contribution in [-0.4, -0.2) is 6.71 Å². The fourth-order valence-electron chi connectivity index (χ4n) is 12.4. The molecule has 3 aliphatic carbocycles. The summed E-state index contributed by atoms with van der Waals surface area (Å²) in [5.41, 5.74) is 17.2. The molecule has 3 aromatic carbocycles. The highest BCUT2D eigenvalue weighted by atomic mass is 16.4.